The van der Waals surface area contributed by atoms with Crippen LogP contribution in [-0.2, 0) is 11.2 Å². The summed E-state index contributed by atoms with van der Waals surface area (Å²) in [5.74, 6) is 1.65. The van der Waals surface area contributed by atoms with Crippen molar-refractivity contribution < 1.29 is 14.3 Å². The molecule has 2 aromatic rings. The molecule has 3 fully saturated rings. The van der Waals surface area contributed by atoms with Gasteiger partial charge in [-0.05, 0) is 61.0 Å². The molecule has 1 unspecified atom stereocenters. The largest absolute Gasteiger partial charge is 0.479 e. The fourth-order valence-corrected chi connectivity index (χ4v) is 5.27. The van der Waals surface area contributed by atoms with Crippen LogP contribution >= 0.6 is 0 Å². The number of hydrogen-bond donors (Lipinski definition) is 2. The fraction of sp³-hybridized carbons (Fsp3) is 0.481. The van der Waals surface area contributed by atoms with Crippen LogP contribution in [0.5, 0.6) is 5.75 Å². The number of para-hydroxylation sites is 1. The average molecular weight is 448 g/mol. The van der Waals surface area contributed by atoms with Crippen LogP contribution < -0.4 is 15.4 Å². The van der Waals surface area contributed by atoms with Crippen LogP contribution in [0.25, 0.3) is 11.1 Å². The first-order valence-corrected chi connectivity index (χ1v) is 12.2. The van der Waals surface area contributed by atoms with Crippen LogP contribution in [-0.4, -0.2) is 55.0 Å². The molecule has 33 heavy (non-hydrogen) atoms. The second kappa shape index (κ2) is 9.18. The summed E-state index contributed by atoms with van der Waals surface area (Å²) >= 11 is 0. The van der Waals surface area contributed by atoms with Gasteiger partial charge in [-0.25, -0.2) is 0 Å². The number of nitrogens with zero attached hydrogens (tertiary/aromatic N) is 1. The summed E-state index contributed by atoms with van der Waals surface area (Å²) < 4.78 is 6.23. The molecule has 0 aliphatic carbocycles. The molecule has 6 nitrogen and oxygen atoms in total. The minimum absolute atomic E-state index is 0.0160. The van der Waals surface area contributed by atoms with Crippen LogP contribution in [0.4, 0.5) is 0 Å². The Morgan fingerprint density at radius 1 is 1.12 bits per heavy atom. The van der Waals surface area contributed by atoms with Crippen molar-refractivity contribution >= 4 is 11.8 Å². The van der Waals surface area contributed by atoms with Crippen molar-refractivity contribution in [2.75, 3.05) is 26.2 Å². The van der Waals surface area contributed by atoms with Gasteiger partial charge in [0.05, 0.1) is 0 Å². The van der Waals surface area contributed by atoms with E-state index in [4.69, 9.17) is 4.74 Å². The summed E-state index contributed by atoms with van der Waals surface area (Å²) in [6.45, 7) is 8.05. The zero-order chi connectivity index (χ0) is 22.9. The number of benzene rings is 2. The average Bonchev–Trinajstić information content (AvgIpc) is 3.28. The molecule has 2 N–H and O–H groups in total. The van der Waals surface area contributed by atoms with Gasteiger partial charge in [0, 0.05) is 36.7 Å². The lowest BCUT2D eigenvalue weighted by Crippen LogP contribution is -2.58. The van der Waals surface area contributed by atoms with E-state index in [1.54, 1.807) is 0 Å². The summed E-state index contributed by atoms with van der Waals surface area (Å²) in [6.07, 6.45) is 2.41. The number of nitrogens with one attached hydrogen (secondary N) is 2. The van der Waals surface area contributed by atoms with Gasteiger partial charge in [0.25, 0.3) is 11.8 Å². The van der Waals surface area contributed by atoms with Crippen molar-refractivity contribution in [1.29, 1.82) is 0 Å². The number of fused-ring (bicyclic) bond motifs is 4. The zero-order valence-corrected chi connectivity index (χ0v) is 19.5. The van der Waals surface area contributed by atoms with Gasteiger partial charge in [-0.2, -0.15) is 0 Å². The third-order valence-electron chi connectivity index (χ3n) is 7.14. The second-order valence-corrected chi connectivity index (χ2v) is 10.0. The third-order valence-corrected chi connectivity index (χ3v) is 7.14. The van der Waals surface area contributed by atoms with E-state index in [0.717, 1.165) is 42.1 Å². The standard InChI is InChI=1S/C27H33N3O3/c1-17(2)15-28-26(31)21-7-3-5-19(13-21)22-8-4-6-20-14-24(33-25(20)22)27(32)29-23-16-30-11-9-18(23)10-12-30/h3-8,13,17-18,23-24H,9-12,14-16H2,1-2H3,(H,28,31)(H,29,32)/t23-,24?/m1/s1. The molecule has 2 bridgehead atoms. The minimum atomic E-state index is -0.505. The molecule has 0 radical (unpaired) electrons. The summed E-state index contributed by atoms with van der Waals surface area (Å²) in [4.78, 5) is 28.1. The van der Waals surface area contributed by atoms with E-state index in [0.29, 0.717) is 30.4 Å². The number of amides is 2. The van der Waals surface area contributed by atoms with Crippen molar-refractivity contribution in [1.82, 2.24) is 15.5 Å². The van der Waals surface area contributed by atoms with Crippen LogP contribution in [0, 0.1) is 11.8 Å². The molecule has 6 rings (SSSR count). The maximum atomic E-state index is 13.1. The van der Waals surface area contributed by atoms with Gasteiger partial charge >= 0.3 is 0 Å². The molecule has 6 heteroatoms. The van der Waals surface area contributed by atoms with Crippen molar-refractivity contribution in [3.63, 3.8) is 0 Å². The molecule has 2 aromatic carbocycles. The normalized spacial score (nSPS) is 25.4. The maximum absolute atomic E-state index is 13.1. The van der Waals surface area contributed by atoms with E-state index >= 15 is 0 Å². The molecule has 2 atom stereocenters. The number of carbonyl (C=O) groups excluding carboxylic acids is 2. The Morgan fingerprint density at radius 2 is 1.91 bits per heavy atom. The predicted octanol–water partition coefficient (Wildman–Crippen LogP) is 3.25. The highest BCUT2D eigenvalue weighted by Gasteiger charge is 2.38. The van der Waals surface area contributed by atoms with E-state index < -0.39 is 6.10 Å². The SMILES string of the molecule is CC(C)CNC(=O)c1cccc(-c2cccc3c2OC(C(=O)N[C@@H]2CN4CCC2CC4)C3)c1. The topological polar surface area (TPSA) is 70.7 Å². The maximum Gasteiger partial charge on any atom is 0.261 e. The van der Waals surface area contributed by atoms with Crippen molar-refractivity contribution in [2.24, 2.45) is 11.8 Å². The highest BCUT2D eigenvalue weighted by molar-refractivity contribution is 5.95. The third kappa shape index (κ3) is 4.62. The molecule has 4 aliphatic heterocycles. The highest BCUT2D eigenvalue weighted by atomic mass is 16.5. The number of piperidine rings is 3. The molecule has 4 heterocycles. The van der Waals surface area contributed by atoms with Gasteiger partial charge in [0.1, 0.15) is 5.75 Å². The number of hydrogen-bond acceptors (Lipinski definition) is 4. The molecule has 0 aromatic heterocycles. The van der Waals surface area contributed by atoms with Crippen LogP contribution in [0.15, 0.2) is 42.5 Å². The summed E-state index contributed by atoms with van der Waals surface area (Å²) in [7, 11) is 0. The monoisotopic (exact) mass is 447 g/mol. The Balaban J connectivity index is 1.30. The van der Waals surface area contributed by atoms with E-state index in [1.165, 1.54) is 12.8 Å². The van der Waals surface area contributed by atoms with Gasteiger partial charge in [-0.1, -0.05) is 44.2 Å². The van der Waals surface area contributed by atoms with Gasteiger partial charge < -0.3 is 20.3 Å². The molecule has 2 amide bonds. The lowest BCUT2D eigenvalue weighted by atomic mass is 9.84. The first-order valence-electron chi connectivity index (χ1n) is 12.2. The Labute approximate surface area is 195 Å². The van der Waals surface area contributed by atoms with Crippen LogP contribution in [0.2, 0.25) is 0 Å². The van der Waals surface area contributed by atoms with Crippen molar-refractivity contribution in [2.45, 2.75) is 45.3 Å². The summed E-state index contributed by atoms with van der Waals surface area (Å²) in [5.41, 5.74) is 3.50. The predicted molar refractivity (Wildman–Crippen MR) is 128 cm³/mol. The first kappa shape index (κ1) is 22.0. The molecule has 3 saturated heterocycles. The summed E-state index contributed by atoms with van der Waals surface area (Å²) in [6, 6.07) is 13.9. The molecule has 174 valence electrons. The molecule has 0 spiro atoms. The molecular weight excluding hydrogens is 414 g/mol. The number of ether oxygens (including phenoxy) is 1. The number of rotatable bonds is 6. The Hall–Kier alpha value is -2.86. The van der Waals surface area contributed by atoms with Gasteiger partial charge in [-0.3, -0.25) is 9.59 Å². The second-order valence-electron chi connectivity index (χ2n) is 10.0. The summed E-state index contributed by atoms with van der Waals surface area (Å²) in [5, 5.41) is 6.25. The Bertz CT molecular complexity index is 1040. The van der Waals surface area contributed by atoms with E-state index in [1.807, 2.05) is 42.5 Å². The van der Waals surface area contributed by atoms with Crippen molar-refractivity contribution in [3.05, 3.63) is 53.6 Å². The van der Waals surface area contributed by atoms with Crippen LogP contribution in [0.3, 0.4) is 0 Å². The van der Waals surface area contributed by atoms with Gasteiger partial charge in [0.15, 0.2) is 6.10 Å². The van der Waals surface area contributed by atoms with E-state index in [9.17, 15) is 9.59 Å². The van der Waals surface area contributed by atoms with Gasteiger partial charge in [-0.15, -0.1) is 0 Å². The van der Waals surface area contributed by atoms with Gasteiger partial charge in [0.2, 0.25) is 0 Å². The zero-order valence-electron chi connectivity index (χ0n) is 19.5. The molecule has 4 aliphatic rings. The van der Waals surface area contributed by atoms with Crippen LogP contribution in [0.1, 0.15) is 42.6 Å². The molecular formula is C27H33N3O3. The number of carbonyl (C=O) groups is 2. The fourth-order valence-electron chi connectivity index (χ4n) is 5.27. The van der Waals surface area contributed by atoms with Crippen molar-refractivity contribution in [3.8, 4) is 16.9 Å². The smallest absolute Gasteiger partial charge is 0.261 e. The Morgan fingerprint density at radius 3 is 2.64 bits per heavy atom. The molecule has 0 saturated carbocycles. The quantitative estimate of drug-likeness (QED) is 0.713. The highest BCUT2D eigenvalue weighted by Crippen LogP contribution is 2.39. The van der Waals surface area contributed by atoms with E-state index in [-0.39, 0.29) is 17.9 Å². The lowest BCUT2D eigenvalue weighted by molar-refractivity contribution is -0.129. The minimum Gasteiger partial charge on any atom is -0.479 e. The Kier molecular flexibility index (Phi) is 6.11. The lowest BCUT2D eigenvalue weighted by Gasteiger charge is -2.45. The van der Waals surface area contributed by atoms with E-state index in [2.05, 4.69) is 29.4 Å². The first-order chi connectivity index (χ1) is 16.0.